The molecule has 81 heavy (non-hydrogen) atoms. The molecule has 12 rings (SSSR count). The summed E-state index contributed by atoms with van der Waals surface area (Å²) in [7, 11) is 0. The molecular weight excluding hydrogens is 1060 g/mol. The van der Waals surface area contributed by atoms with E-state index in [0.717, 1.165) is 120 Å². The van der Waals surface area contributed by atoms with Crippen LogP contribution in [0.3, 0.4) is 0 Å². The third-order valence-electron chi connectivity index (χ3n) is 22.6. The van der Waals surface area contributed by atoms with Gasteiger partial charge in [-0.05, 0) is 221 Å². The second-order valence-electron chi connectivity index (χ2n) is 25.8. The lowest BCUT2D eigenvalue weighted by Gasteiger charge is -2.63. The van der Waals surface area contributed by atoms with Gasteiger partial charge in [0, 0.05) is 58.8 Å². The van der Waals surface area contributed by atoms with E-state index in [1.54, 1.807) is 12.5 Å². The molecule has 0 spiro atoms. The van der Waals surface area contributed by atoms with Gasteiger partial charge in [-0.3, -0.25) is 20.2 Å². The molecule has 16 atom stereocenters. The molecule has 0 saturated heterocycles. The first-order chi connectivity index (χ1) is 38.4. The summed E-state index contributed by atoms with van der Waals surface area (Å²) >= 11 is 4.92. The Morgan fingerprint density at radius 3 is 1.43 bits per heavy atom. The molecule has 4 aromatic rings. The van der Waals surface area contributed by atoms with Crippen molar-refractivity contribution in [3.05, 3.63) is 138 Å². The molecule has 0 radical (unpaired) electrons. The van der Waals surface area contributed by atoms with Gasteiger partial charge < -0.3 is 38.4 Å². The second kappa shape index (κ2) is 22.3. The monoisotopic (exact) mass is 1140 g/mol. The molecule has 8 aliphatic carbocycles. The normalized spacial score (nSPS) is 37.9. The van der Waals surface area contributed by atoms with Crippen LogP contribution in [0.25, 0.3) is 0 Å². The molecule has 3 N–H and O–H groups in total. The lowest BCUT2D eigenvalue weighted by molar-refractivity contribution is -0.385. The van der Waals surface area contributed by atoms with Crippen molar-refractivity contribution in [3.63, 3.8) is 0 Å². The molecule has 8 fully saturated rings. The van der Waals surface area contributed by atoms with E-state index in [-0.39, 0.29) is 85.7 Å². The van der Waals surface area contributed by atoms with Crippen molar-refractivity contribution >= 4 is 34.6 Å². The Morgan fingerprint density at radius 1 is 0.556 bits per heavy atom. The molecule has 0 unspecified atom stereocenters. The molecule has 8 aliphatic rings. The van der Waals surface area contributed by atoms with Crippen LogP contribution in [0.5, 0.6) is 11.5 Å². The fourth-order valence-corrected chi connectivity index (χ4v) is 18.4. The summed E-state index contributed by atoms with van der Waals surface area (Å²) in [6, 6.07) is 17.1. The number of ether oxygens (including phenoxy) is 3. The van der Waals surface area contributed by atoms with Gasteiger partial charge in [0.25, 0.3) is 11.4 Å². The van der Waals surface area contributed by atoms with Gasteiger partial charge in [-0.1, -0.05) is 27.7 Å². The standard InChI is InChI=1S/C31H37NO8.C24H34O4.C7H4ClNO4/c1-29-14-11-23(40-28(34)39-22-7-5-21(6-8-22)32(36)37)17-20(29)4-9-26-25(29)12-15-30(2)24(13-16-31(26,30)35)19-3-10-27(33)38-18-19;1-22-10-7-17(25)13-16(22)4-5-20-19(22)8-11-23(2)18(9-12-24(20,23)27)15-3-6-21(26)28-14-15;8-7(10)13-6-3-1-5(2-4-6)9(11)12/h3,5-8,10,18,20,23-26,35H,4,9,11-17H2,1-2H3;3,6,14,16-20,25,27H,4-5,7-13H2,1-2H3;1-4H/t20-,23+,24-,25+,26-,29+,30-,31+;16-,17+,18-,19+,20-,22+,23-,24+;/m11./s1. The lowest BCUT2D eigenvalue weighted by atomic mass is 9.43. The number of carbonyl (C=O) groups excluding carboxylic acids is 2. The van der Waals surface area contributed by atoms with Crippen molar-refractivity contribution in [2.45, 2.75) is 179 Å². The fourth-order valence-electron chi connectivity index (χ4n) is 18.3. The zero-order valence-corrected chi connectivity index (χ0v) is 47.3. The van der Waals surface area contributed by atoms with Gasteiger partial charge in [0.15, 0.2) is 0 Å². The maximum Gasteiger partial charge on any atom is 0.514 e. The van der Waals surface area contributed by atoms with Crippen LogP contribution in [0, 0.1) is 77.4 Å². The SMILES string of the molecule is C[C@]12CC[C@H](O)C[C@H]1CC[C@@H]1[C@@H]2CC[C@]2(C)[C@@H](c3ccc(=O)oc3)CC[C@]12O.C[C@]12CC[C@H](OC(=O)Oc3ccc([N+](=O)[O-])cc3)C[C@H]1CC[C@@H]1[C@@H]2CC[C@]2(C)[C@@H](c3ccc(=O)oc3)CC[C@]12O.O=C(Cl)Oc1ccc([N+](=O)[O-])cc1. The fraction of sp³-hybridized carbons (Fsp3) is 0.613. The summed E-state index contributed by atoms with van der Waals surface area (Å²) in [6.45, 7) is 9.35. The number of halogens is 1. The average molecular weight is 1140 g/mol. The highest BCUT2D eigenvalue weighted by Crippen LogP contribution is 2.72. The smallest absolute Gasteiger partial charge is 0.431 e. The molecular formula is C62H75ClN2O16. The number of rotatable bonds is 7. The van der Waals surface area contributed by atoms with E-state index in [2.05, 4.69) is 32.4 Å². The lowest BCUT2D eigenvalue weighted by Crippen LogP contribution is -2.62. The number of benzene rings is 2. The molecule has 8 saturated carbocycles. The molecule has 2 aromatic heterocycles. The Morgan fingerprint density at radius 2 is 1.00 bits per heavy atom. The number of hydrogen-bond acceptors (Lipinski definition) is 16. The minimum absolute atomic E-state index is 0.0692. The van der Waals surface area contributed by atoms with Crippen LogP contribution in [0.4, 0.5) is 21.0 Å². The van der Waals surface area contributed by atoms with Gasteiger partial charge >= 0.3 is 22.8 Å². The van der Waals surface area contributed by atoms with Crippen molar-refractivity contribution in [2.24, 2.45) is 57.2 Å². The Bertz CT molecular complexity index is 3070. The van der Waals surface area contributed by atoms with Crippen molar-refractivity contribution in [3.8, 4) is 11.5 Å². The van der Waals surface area contributed by atoms with Gasteiger partial charge in [-0.15, -0.1) is 0 Å². The summed E-state index contributed by atoms with van der Waals surface area (Å²) in [5, 5.41) is 55.8. The Balaban J connectivity index is 0.000000155. The zero-order chi connectivity index (χ0) is 57.9. The highest BCUT2D eigenvalue weighted by molar-refractivity contribution is 6.61. The van der Waals surface area contributed by atoms with Gasteiger partial charge in [-0.25, -0.2) is 19.2 Å². The minimum atomic E-state index is -0.978. The highest BCUT2D eigenvalue weighted by atomic mass is 35.5. The van der Waals surface area contributed by atoms with Crippen LogP contribution < -0.4 is 20.7 Å². The summed E-state index contributed by atoms with van der Waals surface area (Å²) in [5.74, 6) is 3.34. The van der Waals surface area contributed by atoms with Crippen LogP contribution in [0.15, 0.2) is 104 Å². The van der Waals surface area contributed by atoms with E-state index in [0.29, 0.717) is 29.6 Å². The summed E-state index contributed by atoms with van der Waals surface area (Å²) < 4.78 is 25.8. The summed E-state index contributed by atoms with van der Waals surface area (Å²) in [5.41, 5.74) is -1.20. The zero-order valence-electron chi connectivity index (χ0n) is 46.5. The Kier molecular flexibility index (Phi) is 16.1. The quantitative estimate of drug-likeness (QED) is 0.0510. The maximum absolute atomic E-state index is 12.5. The van der Waals surface area contributed by atoms with Crippen molar-refractivity contribution in [1.29, 1.82) is 0 Å². The van der Waals surface area contributed by atoms with E-state index < -0.39 is 32.6 Å². The molecule has 18 nitrogen and oxygen atoms in total. The van der Waals surface area contributed by atoms with Gasteiger partial charge in [0.1, 0.15) is 17.6 Å². The number of hydrogen-bond donors (Lipinski definition) is 3. The second-order valence-corrected chi connectivity index (χ2v) is 26.2. The van der Waals surface area contributed by atoms with Crippen LogP contribution >= 0.6 is 11.6 Å². The predicted octanol–water partition coefficient (Wildman–Crippen LogP) is 12.9. The molecule has 0 bridgehead atoms. The van der Waals surface area contributed by atoms with Crippen LogP contribution in [0.1, 0.15) is 166 Å². The van der Waals surface area contributed by atoms with Crippen LogP contribution in [-0.2, 0) is 4.74 Å². The number of aliphatic hydroxyl groups is 3. The summed E-state index contributed by atoms with van der Waals surface area (Å²) in [6.07, 6.45) is 19.2. The first-order valence-corrected chi connectivity index (χ1v) is 29.3. The number of fused-ring (bicyclic) bond motifs is 10. The van der Waals surface area contributed by atoms with Crippen LogP contribution in [0.2, 0.25) is 0 Å². The minimum Gasteiger partial charge on any atom is -0.431 e. The Hall–Kier alpha value is -5.95. The molecule has 0 amide bonds. The number of non-ortho nitro benzene ring substituents is 2. The topological polar surface area (TPSA) is 269 Å². The maximum atomic E-state index is 12.5. The molecule has 2 heterocycles. The third-order valence-corrected chi connectivity index (χ3v) is 22.7. The van der Waals surface area contributed by atoms with E-state index in [9.17, 15) is 54.7 Å². The first-order valence-electron chi connectivity index (χ1n) is 29.0. The van der Waals surface area contributed by atoms with Crippen molar-refractivity contribution < 1.29 is 57.8 Å². The van der Waals surface area contributed by atoms with Gasteiger partial charge in [0.05, 0.1) is 39.7 Å². The van der Waals surface area contributed by atoms with E-state index in [1.165, 1.54) is 67.1 Å². The molecule has 436 valence electrons. The molecule has 2 aromatic carbocycles. The highest BCUT2D eigenvalue weighted by Gasteiger charge is 2.69. The average Bonchev–Trinajstić information content (AvgIpc) is 4.00. The molecule has 0 aliphatic heterocycles. The summed E-state index contributed by atoms with van der Waals surface area (Å²) in [4.78, 5) is 65.7. The number of aliphatic hydroxyl groups excluding tert-OH is 1. The first kappa shape index (κ1) is 58.3. The van der Waals surface area contributed by atoms with Crippen molar-refractivity contribution in [2.75, 3.05) is 0 Å². The number of nitrogens with zero attached hydrogens (tertiary/aromatic N) is 2. The number of nitro groups is 2. The van der Waals surface area contributed by atoms with Crippen molar-refractivity contribution in [1.82, 2.24) is 0 Å². The van der Waals surface area contributed by atoms with E-state index in [4.69, 9.17) is 29.9 Å². The number of carbonyl (C=O) groups is 2. The van der Waals surface area contributed by atoms with E-state index in [1.807, 2.05) is 12.1 Å². The van der Waals surface area contributed by atoms with Gasteiger partial charge in [0.2, 0.25) is 0 Å². The van der Waals surface area contributed by atoms with Crippen LogP contribution in [-0.4, -0.2) is 60.2 Å². The number of nitro benzene ring substituents is 2. The molecule has 19 heteroatoms. The third kappa shape index (κ3) is 10.6. The Labute approximate surface area is 475 Å². The van der Waals surface area contributed by atoms with Gasteiger partial charge in [-0.2, -0.15) is 0 Å². The van der Waals surface area contributed by atoms with E-state index >= 15 is 0 Å². The largest absolute Gasteiger partial charge is 0.514 e. The predicted molar refractivity (Wildman–Crippen MR) is 297 cm³/mol.